The van der Waals surface area contributed by atoms with Crippen LogP contribution < -0.4 is 0 Å². The molecule has 2 heteroatoms. The van der Waals surface area contributed by atoms with Gasteiger partial charge in [-0.15, -0.1) is 0 Å². The maximum Gasteiger partial charge on any atom is 0.120 e. The third kappa shape index (κ3) is 2.42. The zero-order valence-corrected chi connectivity index (χ0v) is 8.69. The zero-order chi connectivity index (χ0) is 10.4. The second kappa shape index (κ2) is 4.91. The van der Waals surface area contributed by atoms with Crippen LogP contribution in [-0.2, 0) is 14.9 Å². The summed E-state index contributed by atoms with van der Waals surface area (Å²) in [6, 6.07) is 9.99. The summed E-state index contributed by atoms with van der Waals surface area (Å²) < 4.78 is 5.16. The molecular weight excluding hydrogens is 176 g/mol. The number of carbonyl (C=O) groups excluding carboxylic acids is 1. The summed E-state index contributed by atoms with van der Waals surface area (Å²) in [4.78, 5) is 10.6. The van der Waals surface area contributed by atoms with E-state index in [0.717, 1.165) is 11.8 Å². The van der Waals surface area contributed by atoms with Crippen LogP contribution in [0.25, 0.3) is 0 Å². The molecule has 0 saturated heterocycles. The minimum Gasteiger partial charge on any atom is -0.384 e. The van der Waals surface area contributed by atoms with Crippen LogP contribution in [0.4, 0.5) is 0 Å². The molecule has 0 radical (unpaired) electrons. The molecule has 1 rings (SSSR count). The largest absolute Gasteiger partial charge is 0.384 e. The maximum atomic E-state index is 10.6. The predicted molar refractivity (Wildman–Crippen MR) is 56.4 cm³/mol. The molecule has 0 amide bonds. The molecular formula is C12H16O2. The minimum absolute atomic E-state index is 0.197. The van der Waals surface area contributed by atoms with Crippen LogP contribution >= 0.6 is 0 Å². The average molecular weight is 192 g/mol. The Morgan fingerprint density at radius 2 is 2.00 bits per heavy atom. The molecule has 1 aromatic carbocycles. The van der Waals surface area contributed by atoms with E-state index in [2.05, 4.69) is 0 Å². The fourth-order valence-electron chi connectivity index (χ4n) is 1.60. The Hall–Kier alpha value is -1.15. The highest BCUT2D eigenvalue weighted by atomic mass is 16.5. The first-order valence-electron chi connectivity index (χ1n) is 4.71. The van der Waals surface area contributed by atoms with Gasteiger partial charge in [0.05, 0.1) is 6.61 Å². The first-order valence-corrected chi connectivity index (χ1v) is 4.71. The Labute approximate surface area is 84.9 Å². The van der Waals surface area contributed by atoms with Crippen molar-refractivity contribution in [3.8, 4) is 0 Å². The molecule has 14 heavy (non-hydrogen) atoms. The Morgan fingerprint density at radius 1 is 1.36 bits per heavy atom. The van der Waals surface area contributed by atoms with E-state index in [4.69, 9.17) is 4.74 Å². The number of benzene rings is 1. The third-order valence-electron chi connectivity index (χ3n) is 2.47. The minimum atomic E-state index is -0.197. The van der Waals surface area contributed by atoms with E-state index in [1.54, 1.807) is 7.11 Å². The molecule has 0 aliphatic carbocycles. The summed E-state index contributed by atoms with van der Waals surface area (Å²) >= 11 is 0. The first-order chi connectivity index (χ1) is 6.73. The van der Waals surface area contributed by atoms with Crippen LogP contribution in [0.5, 0.6) is 0 Å². The molecule has 2 nitrogen and oxygen atoms in total. The lowest BCUT2D eigenvalue weighted by molar-refractivity contribution is -0.109. The Balaban J connectivity index is 2.92. The number of hydrogen-bond donors (Lipinski definition) is 0. The fraction of sp³-hybridized carbons (Fsp3) is 0.417. The van der Waals surface area contributed by atoms with E-state index in [9.17, 15) is 4.79 Å². The monoisotopic (exact) mass is 192 g/mol. The fourth-order valence-corrected chi connectivity index (χ4v) is 1.60. The van der Waals surface area contributed by atoms with Gasteiger partial charge in [-0.2, -0.15) is 0 Å². The number of rotatable bonds is 5. The van der Waals surface area contributed by atoms with Gasteiger partial charge >= 0.3 is 0 Å². The van der Waals surface area contributed by atoms with Gasteiger partial charge in [-0.1, -0.05) is 37.3 Å². The van der Waals surface area contributed by atoms with Crippen LogP contribution in [0.3, 0.4) is 0 Å². The number of aldehydes is 1. The lowest BCUT2D eigenvalue weighted by atomic mass is 9.81. The van der Waals surface area contributed by atoms with Gasteiger partial charge in [0, 0.05) is 18.9 Å². The topological polar surface area (TPSA) is 26.3 Å². The van der Waals surface area contributed by atoms with Gasteiger partial charge < -0.3 is 9.53 Å². The summed E-state index contributed by atoms with van der Waals surface area (Å²) in [7, 11) is 1.66. The molecule has 0 bridgehead atoms. The smallest absolute Gasteiger partial charge is 0.120 e. The van der Waals surface area contributed by atoms with Crippen LogP contribution in [0.15, 0.2) is 30.3 Å². The van der Waals surface area contributed by atoms with Crippen molar-refractivity contribution >= 4 is 6.29 Å². The molecule has 0 N–H and O–H groups in total. The van der Waals surface area contributed by atoms with E-state index in [-0.39, 0.29) is 5.41 Å². The molecule has 1 atom stereocenters. The van der Waals surface area contributed by atoms with E-state index in [0.29, 0.717) is 13.0 Å². The standard InChI is InChI=1S/C12H16O2/c1-12(8-9-13,10-14-2)11-6-4-3-5-7-11/h3-7,9H,8,10H2,1-2H3. The molecule has 0 spiro atoms. The molecule has 0 aliphatic heterocycles. The predicted octanol–water partition coefficient (Wildman–Crippen LogP) is 2.18. The van der Waals surface area contributed by atoms with Gasteiger partial charge in [-0.05, 0) is 5.56 Å². The SMILES string of the molecule is COCC(C)(CC=O)c1ccccc1. The molecule has 1 aromatic rings. The molecule has 76 valence electrons. The lowest BCUT2D eigenvalue weighted by Crippen LogP contribution is -2.28. The van der Waals surface area contributed by atoms with E-state index < -0.39 is 0 Å². The van der Waals surface area contributed by atoms with Gasteiger partial charge in [-0.3, -0.25) is 0 Å². The normalized spacial score (nSPS) is 14.7. The average Bonchev–Trinajstić information content (AvgIpc) is 2.20. The van der Waals surface area contributed by atoms with E-state index in [1.165, 1.54) is 0 Å². The quantitative estimate of drug-likeness (QED) is 0.668. The summed E-state index contributed by atoms with van der Waals surface area (Å²) in [5.41, 5.74) is 0.951. The number of carbonyl (C=O) groups is 1. The van der Waals surface area contributed by atoms with Gasteiger partial charge in [-0.25, -0.2) is 0 Å². The summed E-state index contributed by atoms with van der Waals surface area (Å²) in [5.74, 6) is 0. The van der Waals surface area contributed by atoms with Gasteiger partial charge in [0.25, 0.3) is 0 Å². The van der Waals surface area contributed by atoms with Crippen LogP contribution in [0.2, 0.25) is 0 Å². The molecule has 0 saturated carbocycles. The maximum absolute atomic E-state index is 10.6. The van der Waals surface area contributed by atoms with Crippen molar-refractivity contribution in [1.29, 1.82) is 0 Å². The highest BCUT2D eigenvalue weighted by Gasteiger charge is 2.25. The Bertz CT molecular complexity index is 282. The zero-order valence-electron chi connectivity index (χ0n) is 8.69. The second-order valence-electron chi connectivity index (χ2n) is 3.73. The van der Waals surface area contributed by atoms with Crippen LogP contribution in [0.1, 0.15) is 18.9 Å². The van der Waals surface area contributed by atoms with Crippen molar-refractivity contribution in [3.05, 3.63) is 35.9 Å². The van der Waals surface area contributed by atoms with Crippen molar-refractivity contribution in [2.45, 2.75) is 18.8 Å². The summed E-state index contributed by atoms with van der Waals surface area (Å²) in [6.45, 7) is 2.61. The van der Waals surface area contributed by atoms with Crippen molar-refractivity contribution < 1.29 is 9.53 Å². The molecule has 0 fully saturated rings. The summed E-state index contributed by atoms with van der Waals surface area (Å²) in [5, 5.41) is 0. The van der Waals surface area contributed by atoms with Crippen LogP contribution in [-0.4, -0.2) is 20.0 Å². The number of ether oxygens (including phenoxy) is 1. The first kappa shape index (κ1) is 10.9. The Morgan fingerprint density at radius 3 is 2.50 bits per heavy atom. The molecule has 1 unspecified atom stereocenters. The van der Waals surface area contributed by atoms with Crippen molar-refractivity contribution in [2.75, 3.05) is 13.7 Å². The van der Waals surface area contributed by atoms with E-state index >= 15 is 0 Å². The molecule has 0 aromatic heterocycles. The number of methoxy groups -OCH3 is 1. The third-order valence-corrected chi connectivity index (χ3v) is 2.47. The second-order valence-corrected chi connectivity index (χ2v) is 3.73. The van der Waals surface area contributed by atoms with Crippen molar-refractivity contribution in [3.63, 3.8) is 0 Å². The Kier molecular flexibility index (Phi) is 3.84. The van der Waals surface area contributed by atoms with Gasteiger partial charge in [0.15, 0.2) is 0 Å². The molecule has 0 heterocycles. The number of hydrogen-bond acceptors (Lipinski definition) is 2. The summed E-state index contributed by atoms with van der Waals surface area (Å²) in [6.07, 6.45) is 1.44. The van der Waals surface area contributed by atoms with Crippen LogP contribution in [0, 0.1) is 0 Å². The molecule has 0 aliphatic rings. The van der Waals surface area contributed by atoms with Crippen molar-refractivity contribution in [2.24, 2.45) is 0 Å². The lowest BCUT2D eigenvalue weighted by Gasteiger charge is -2.27. The highest BCUT2D eigenvalue weighted by molar-refractivity contribution is 5.53. The van der Waals surface area contributed by atoms with Gasteiger partial charge in [0.1, 0.15) is 6.29 Å². The highest BCUT2D eigenvalue weighted by Crippen LogP contribution is 2.26. The van der Waals surface area contributed by atoms with E-state index in [1.807, 2.05) is 37.3 Å². The van der Waals surface area contributed by atoms with Crippen molar-refractivity contribution in [1.82, 2.24) is 0 Å². The van der Waals surface area contributed by atoms with Gasteiger partial charge in [0.2, 0.25) is 0 Å².